The second-order valence-electron chi connectivity index (χ2n) is 5.64. The van der Waals surface area contributed by atoms with Crippen LogP contribution in [0.25, 0.3) is 10.9 Å². The first-order valence-corrected chi connectivity index (χ1v) is 7.36. The minimum Gasteiger partial charge on any atom is -0.480 e. The maximum absolute atomic E-state index is 12.3. The number of benzene rings is 1. The first-order valence-electron chi connectivity index (χ1n) is 7.36. The Kier molecular flexibility index (Phi) is 5.10. The molecule has 0 unspecified atom stereocenters. The van der Waals surface area contributed by atoms with E-state index in [1.165, 1.54) is 10.9 Å². The number of aryl methyl sites for hydroxylation is 1. The Morgan fingerprint density at radius 2 is 2.00 bits per heavy atom. The van der Waals surface area contributed by atoms with E-state index < -0.39 is 17.9 Å². The number of carbonyl (C=O) groups is 2. The molecular weight excluding hydrogens is 298 g/mol. The topological polar surface area (TPSA) is 101 Å². The lowest BCUT2D eigenvalue weighted by Gasteiger charge is -2.18. The molecule has 0 aliphatic heterocycles. The van der Waals surface area contributed by atoms with E-state index in [1.54, 1.807) is 38.1 Å². The van der Waals surface area contributed by atoms with E-state index in [2.05, 4.69) is 10.3 Å². The van der Waals surface area contributed by atoms with Crippen molar-refractivity contribution in [3.8, 4) is 0 Å². The molecule has 2 rings (SSSR count). The predicted molar refractivity (Wildman–Crippen MR) is 85.0 cm³/mol. The summed E-state index contributed by atoms with van der Waals surface area (Å²) in [6.45, 7) is 3.58. The summed E-state index contributed by atoms with van der Waals surface area (Å²) >= 11 is 0. The van der Waals surface area contributed by atoms with Gasteiger partial charge in [0.2, 0.25) is 5.91 Å². The first-order chi connectivity index (χ1) is 10.9. The van der Waals surface area contributed by atoms with Crippen LogP contribution in [0.15, 0.2) is 35.4 Å². The number of aliphatic carboxylic acids is 1. The molecule has 0 fully saturated rings. The van der Waals surface area contributed by atoms with E-state index in [0.717, 1.165) is 0 Å². The Morgan fingerprint density at radius 3 is 2.65 bits per heavy atom. The van der Waals surface area contributed by atoms with Crippen LogP contribution < -0.4 is 10.9 Å². The smallest absolute Gasteiger partial charge is 0.326 e. The molecule has 7 nitrogen and oxygen atoms in total. The lowest BCUT2D eigenvalue weighted by Crippen LogP contribution is -2.44. The van der Waals surface area contributed by atoms with Gasteiger partial charge < -0.3 is 10.4 Å². The summed E-state index contributed by atoms with van der Waals surface area (Å²) in [7, 11) is 0. The maximum Gasteiger partial charge on any atom is 0.326 e. The number of carbonyl (C=O) groups excluding carboxylic acids is 1. The van der Waals surface area contributed by atoms with E-state index >= 15 is 0 Å². The van der Waals surface area contributed by atoms with Crippen LogP contribution in [0.2, 0.25) is 0 Å². The quantitative estimate of drug-likeness (QED) is 0.828. The van der Waals surface area contributed by atoms with Gasteiger partial charge in [0, 0.05) is 13.0 Å². The Hall–Kier alpha value is -2.70. The molecule has 2 aromatic rings. The van der Waals surface area contributed by atoms with Gasteiger partial charge in [0.05, 0.1) is 17.2 Å². The van der Waals surface area contributed by atoms with Gasteiger partial charge in [-0.3, -0.25) is 14.2 Å². The number of amides is 1. The van der Waals surface area contributed by atoms with Crippen LogP contribution in [0.3, 0.4) is 0 Å². The summed E-state index contributed by atoms with van der Waals surface area (Å²) in [6.07, 6.45) is 1.41. The third-order valence-corrected chi connectivity index (χ3v) is 3.56. The number of hydrogen-bond donors (Lipinski definition) is 2. The highest BCUT2D eigenvalue weighted by Crippen LogP contribution is 2.05. The Bertz CT molecular complexity index is 782. The van der Waals surface area contributed by atoms with Gasteiger partial charge in [-0.15, -0.1) is 0 Å². The van der Waals surface area contributed by atoms with Crippen LogP contribution in [0.4, 0.5) is 0 Å². The molecule has 0 aliphatic rings. The number of aromatic nitrogens is 2. The average Bonchev–Trinajstić information content (AvgIpc) is 2.51. The summed E-state index contributed by atoms with van der Waals surface area (Å²) in [5.74, 6) is -1.70. The molecular formula is C16H19N3O4. The summed E-state index contributed by atoms with van der Waals surface area (Å²) < 4.78 is 1.35. The van der Waals surface area contributed by atoms with Crippen LogP contribution in [-0.4, -0.2) is 32.6 Å². The van der Waals surface area contributed by atoms with E-state index in [0.29, 0.717) is 10.9 Å². The number of para-hydroxylation sites is 1. The van der Waals surface area contributed by atoms with Crippen molar-refractivity contribution in [2.24, 2.45) is 5.92 Å². The Labute approximate surface area is 133 Å². The van der Waals surface area contributed by atoms with Crippen molar-refractivity contribution in [3.05, 3.63) is 40.9 Å². The Morgan fingerprint density at radius 1 is 1.30 bits per heavy atom. The van der Waals surface area contributed by atoms with Crippen LogP contribution >= 0.6 is 0 Å². The normalized spacial score (nSPS) is 12.3. The Balaban J connectivity index is 2.06. The van der Waals surface area contributed by atoms with E-state index in [9.17, 15) is 14.4 Å². The average molecular weight is 317 g/mol. The molecule has 1 atom stereocenters. The zero-order valence-corrected chi connectivity index (χ0v) is 13.0. The van der Waals surface area contributed by atoms with Crippen molar-refractivity contribution in [2.75, 3.05) is 0 Å². The van der Waals surface area contributed by atoms with Crippen molar-refractivity contribution in [3.63, 3.8) is 0 Å². The predicted octanol–water partition coefficient (Wildman–Crippen LogP) is 1.01. The lowest BCUT2D eigenvalue weighted by atomic mass is 10.0. The van der Waals surface area contributed by atoms with Crippen LogP contribution in [0, 0.1) is 5.92 Å². The first kappa shape index (κ1) is 16.7. The number of fused-ring (bicyclic) bond motifs is 1. The van der Waals surface area contributed by atoms with E-state index in [1.807, 2.05) is 0 Å². The summed E-state index contributed by atoms with van der Waals surface area (Å²) in [4.78, 5) is 39.4. The third kappa shape index (κ3) is 3.94. The summed E-state index contributed by atoms with van der Waals surface area (Å²) in [6, 6.07) is 6.04. The zero-order valence-electron chi connectivity index (χ0n) is 13.0. The van der Waals surface area contributed by atoms with Gasteiger partial charge in [-0.05, 0) is 18.1 Å². The second kappa shape index (κ2) is 7.04. The highest BCUT2D eigenvalue weighted by molar-refractivity contribution is 5.83. The number of nitrogens with one attached hydrogen (secondary N) is 1. The number of nitrogens with zero attached hydrogens (tertiary/aromatic N) is 2. The van der Waals surface area contributed by atoms with Gasteiger partial charge in [0.15, 0.2) is 0 Å². The van der Waals surface area contributed by atoms with E-state index in [-0.39, 0.29) is 24.4 Å². The molecule has 0 spiro atoms. The van der Waals surface area contributed by atoms with Crippen molar-refractivity contribution in [2.45, 2.75) is 32.9 Å². The monoisotopic (exact) mass is 317 g/mol. The molecule has 1 aromatic heterocycles. The number of carboxylic acid groups (broad SMARTS) is 1. The van der Waals surface area contributed by atoms with Gasteiger partial charge in [0.25, 0.3) is 5.56 Å². The van der Waals surface area contributed by atoms with Gasteiger partial charge >= 0.3 is 5.97 Å². The molecule has 0 saturated heterocycles. The van der Waals surface area contributed by atoms with Gasteiger partial charge in [-0.1, -0.05) is 26.0 Å². The number of rotatable bonds is 6. The van der Waals surface area contributed by atoms with Crippen molar-refractivity contribution in [1.29, 1.82) is 0 Å². The molecule has 0 aliphatic carbocycles. The zero-order chi connectivity index (χ0) is 17.0. The minimum absolute atomic E-state index is 0.0103. The molecule has 0 radical (unpaired) electrons. The molecule has 23 heavy (non-hydrogen) atoms. The number of carboxylic acids is 1. The molecule has 1 amide bonds. The molecule has 1 aromatic carbocycles. The minimum atomic E-state index is -1.07. The second-order valence-corrected chi connectivity index (χ2v) is 5.64. The van der Waals surface area contributed by atoms with Crippen molar-refractivity contribution in [1.82, 2.24) is 14.9 Å². The van der Waals surface area contributed by atoms with Crippen LogP contribution in [0.5, 0.6) is 0 Å². The SMILES string of the molecule is CC(C)[C@@H](NC(=O)CCn1cnc2ccccc2c1=O)C(=O)O. The molecule has 1 heterocycles. The summed E-state index contributed by atoms with van der Waals surface area (Å²) in [5.41, 5.74) is 0.381. The highest BCUT2D eigenvalue weighted by atomic mass is 16.4. The molecule has 2 N–H and O–H groups in total. The highest BCUT2D eigenvalue weighted by Gasteiger charge is 2.23. The maximum atomic E-state index is 12.3. The van der Waals surface area contributed by atoms with Crippen molar-refractivity contribution >= 4 is 22.8 Å². The van der Waals surface area contributed by atoms with E-state index in [4.69, 9.17) is 5.11 Å². The van der Waals surface area contributed by atoms with Gasteiger partial charge in [-0.2, -0.15) is 0 Å². The molecule has 122 valence electrons. The standard InChI is InChI=1S/C16H19N3O4/c1-10(2)14(16(22)23)18-13(20)7-8-19-9-17-12-6-4-3-5-11(12)15(19)21/h3-6,9-10,14H,7-8H2,1-2H3,(H,18,20)(H,22,23)/t14-/m1/s1. The number of hydrogen-bond acceptors (Lipinski definition) is 4. The fraction of sp³-hybridized carbons (Fsp3) is 0.375. The fourth-order valence-corrected chi connectivity index (χ4v) is 2.25. The fourth-order valence-electron chi connectivity index (χ4n) is 2.25. The molecule has 0 bridgehead atoms. The largest absolute Gasteiger partial charge is 0.480 e. The van der Waals surface area contributed by atoms with Gasteiger partial charge in [0.1, 0.15) is 6.04 Å². The molecule has 7 heteroatoms. The molecule has 0 saturated carbocycles. The van der Waals surface area contributed by atoms with Crippen LogP contribution in [0.1, 0.15) is 20.3 Å². The third-order valence-electron chi connectivity index (χ3n) is 3.56. The van der Waals surface area contributed by atoms with Gasteiger partial charge in [-0.25, -0.2) is 9.78 Å². The van der Waals surface area contributed by atoms with Crippen LogP contribution in [-0.2, 0) is 16.1 Å². The van der Waals surface area contributed by atoms with Crippen molar-refractivity contribution < 1.29 is 14.7 Å². The lowest BCUT2D eigenvalue weighted by molar-refractivity contribution is -0.143. The summed E-state index contributed by atoms with van der Waals surface area (Å²) in [5, 5.41) is 12.0.